The Balaban J connectivity index is 2.02. The van der Waals surface area contributed by atoms with Crippen LogP contribution < -0.4 is 10.1 Å². The SMILES string of the molecule is CCOc1n[nH]c(NC(=O)c2ccc(CO)cc2)n1. The molecular formula is C12H14N4O3. The highest BCUT2D eigenvalue weighted by Gasteiger charge is 2.09. The van der Waals surface area contributed by atoms with Crippen molar-refractivity contribution in [2.45, 2.75) is 13.5 Å². The Morgan fingerprint density at radius 3 is 2.79 bits per heavy atom. The van der Waals surface area contributed by atoms with Gasteiger partial charge in [-0.25, -0.2) is 5.10 Å². The molecule has 0 bridgehead atoms. The number of carbonyl (C=O) groups is 1. The fourth-order valence-corrected chi connectivity index (χ4v) is 1.44. The van der Waals surface area contributed by atoms with Gasteiger partial charge in [0.2, 0.25) is 5.95 Å². The van der Waals surface area contributed by atoms with Crippen molar-refractivity contribution in [3.63, 3.8) is 0 Å². The average molecular weight is 262 g/mol. The summed E-state index contributed by atoms with van der Waals surface area (Å²) < 4.78 is 5.07. The number of aliphatic hydroxyl groups is 1. The number of nitrogens with one attached hydrogen (secondary N) is 2. The van der Waals surface area contributed by atoms with Gasteiger partial charge in [-0.2, -0.15) is 4.98 Å². The van der Waals surface area contributed by atoms with Gasteiger partial charge < -0.3 is 9.84 Å². The Labute approximate surface area is 109 Å². The van der Waals surface area contributed by atoms with Crippen LogP contribution in [-0.4, -0.2) is 32.8 Å². The Bertz CT molecular complexity index is 550. The van der Waals surface area contributed by atoms with Crippen LogP contribution in [0.2, 0.25) is 0 Å². The van der Waals surface area contributed by atoms with Crippen molar-refractivity contribution in [1.29, 1.82) is 0 Å². The van der Waals surface area contributed by atoms with E-state index in [1.54, 1.807) is 24.3 Å². The van der Waals surface area contributed by atoms with E-state index in [1.807, 2.05) is 6.92 Å². The number of rotatable bonds is 5. The number of aromatic nitrogens is 3. The number of anilines is 1. The highest BCUT2D eigenvalue weighted by molar-refractivity contribution is 6.03. The number of amides is 1. The van der Waals surface area contributed by atoms with E-state index in [-0.39, 0.29) is 24.5 Å². The van der Waals surface area contributed by atoms with Gasteiger partial charge in [-0.1, -0.05) is 12.1 Å². The molecule has 1 heterocycles. The lowest BCUT2D eigenvalue weighted by Gasteiger charge is -2.02. The maximum Gasteiger partial charge on any atom is 0.337 e. The molecule has 3 N–H and O–H groups in total. The molecule has 0 saturated heterocycles. The number of hydrogen-bond donors (Lipinski definition) is 3. The van der Waals surface area contributed by atoms with Crippen LogP contribution in [0, 0.1) is 0 Å². The third kappa shape index (κ3) is 3.29. The molecule has 1 aromatic carbocycles. The van der Waals surface area contributed by atoms with E-state index in [0.717, 1.165) is 5.56 Å². The Morgan fingerprint density at radius 1 is 1.42 bits per heavy atom. The van der Waals surface area contributed by atoms with Crippen molar-refractivity contribution in [2.75, 3.05) is 11.9 Å². The maximum absolute atomic E-state index is 11.9. The second-order valence-corrected chi connectivity index (χ2v) is 3.71. The molecule has 7 nitrogen and oxygen atoms in total. The first-order chi connectivity index (χ1) is 9.22. The lowest BCUT2D eigenvalue weighted by atomic mass is 10.1. The van der Waals surface area contributed by atoms with Crippen LogP contribution in [0.5, 0.6) is 6.01 Å². The highest BCUT2D eigenvalue weighted by Crippen LogP contribution is 2.09. The molecule has 2 rings (SSSR count). The molecule has 1 amide bonds. The summed E-state index contributed by atoms with van der Waals surface area (Å²) >= 11 is 0. The van der Waals surface area contributed by atoms with E-state index in [2.05, 4.69) is 20.5 Å². The minimum Gasteiger partial charge on any atom is -0.463 e. The van der Waals surface area contributed by atoms with Crippen molar-refractivity contribution in [2.24, 2.45) is 0 Å². The van der Waals surface area contributed by atoms with Crippen molar-refractivity contribution in [3.05, 3.63) is 35.4 Å². The molecule has 0 atom stereocenters. The molecule has 0 unspecified atom stereocenters. The zero-order chi connectivity index (χ0) is 13.7. The standard InChI is InChI=1S/C12H14N4O3/c1-2-19-12-14-11(15-16-12)13-10(18)9-5-3-8(7-17)4-6-9/h3-6,17H,2,7H2,1H3,(H2,13,14,15,16,18). The molecule has 0 aliphatic heterocycles. The predicted molar refractivity (Wildman–Crippen MR) is 67.9 cm³/mol. The predicted octanol–water partition coefficient (Wildman–Crippen LogP) is 0.948. The van der Waals surface area contributed by atoms with Crippen molar-refractivity contribution >= 4 is 11.9 Å². The van der Waals surface area contributed by atoms with Gasteiger partial charge in [0.25, 0.3) is 5.91 Å². The average Bonchev–Trinajstić information content (AvgIpc) is 2.86. The Hall–Kier alpha value is -2.41. The summed E-state index contributed by atoms with van der Waals surface area (Å²) in [5, 5.41) is 17.8. The van der Waals surface area contributed by atoms with Gasteiger partial charge >= 0.3 is 6.01 Å². The van der Waals surface area contributed by atoms with Crippen LogP contribution in [-0.2, 0) is 6.61 Å². The third-order valence-corrected chi connectivity index (χ3v) is 2.37. The number of hydrogen-bond acceptors (Lipinski definition) is 5. The molecule has 0 aliphatic carbocycles. The molecular weight excluding hydrogens is 248 g/mol. The molecule has 7 heteroatoms. The third-order valence-electron chi connectivity index (χ3n) is 2.37. The summed E-state index contributed by atoms with van der Waals surface area (Å²) in [5.41, 5.74) is 1.21. The van der Waals surface area contributed by atoms with Gasteiger partial charge in [0.15, 0.2) is 0 Å². The van der Waals surface area contributed by atoms with Crippen LogP contribution in [0.3, 0.4) is 0 Å². The second kappa shape index (κ2) is 5.96. The largest absolute Gasteiger partial charge is 0.463 e. The van der Waals surface area contributed by atoms with Gasteiger partial charge in [0, 0.05) is 5.56 Å². The smallest absolute Gasteiger partial charge is 0.337 e. The first kappa shape index (κ1) is 13.0. The van der Waals surface area contributed by atoms with Crippen LogP contribution in [0.1, 0.15) is 22.8 Å². The van der Waals surface area contributed by atoms with Crippen LogP contribution >= 0.6 is 0 Å². The molecule has 1 aromatic heterocycles. The molecule has 0 aliphatic rings. The fourth-order valence-electron chi connectivity index (χ4n) is 1.44. The molecule has 0 radical (unpaired) electrons. The van der Waals surface area contributed by atoms with E-state index in [0.29, 0.717) is 12.2 Å². The summed E-state index contributed by atoms with van der Waals surface area (Å²) in [6.07, 6.45) is 0. The normalized spacial score (nSPS) is 10.2. The summed E-state index contributed by atoms with van der Waals surface area (Å²) in [5.74, 6) is -0.0941. The van der Waals surface area contributed by atoms with Gasteiger partial charge in [-0.15, -0.1) is 5.10 Å². The van der Waals surface area contributed by atoms with Crippen molar-refractivity contribution in [3.8, 4) is 6.01 Å². The highest BCUT2D eigenvalue weighted by atomic mass is 16.5. The minimum atomic E-state index is -0.316. The fraction of sp³-hybridized carbons (Fsp3) is 0.250. The van der Waals surface area contributed by atoms with E-state index in [4.69, 9.17) is 9.84 Å². The van der Waals surface area contributed by atoms with Gasteiger partial charge in [0.1, 0.15) is 0 Å². The van der Waals surface area contributed by atoms with Crippen LogP contribution in [0.25, 0.3) is 0 Å². The minimum absolute atomic E-state index is 0.0538. The van der Waals surface area contributed by atoms with Crippen LogP contribution in [0.15, 0.2) is 24.3 Å². The van der Waals surface area contributed by atoms with Gasteiger partial charge in [-0.3, -0.25) is 10.1 Å². The first-order valence-electron chi connectivity index (χ1n) is 5.79. The monoisotopic (exact) mass is 262 g/mol. The number of benzene rings is 1. The maximum atomic E-state index is 11.9. The number of aromatic amines is 1. The summed E-state index contributed by atoms with van der Waals surface area (Å²) in [6, 6.07) is 6.80. The topological polar surface area (TPSA) is 100 Å². The van der Waals surface area contributed by atoms with E-state index in [1.165, 1.54) is 0 Å². The zero-order valence-corrected chi connectivity index (χ0v) is 10.4. The number of aliphatic hydroxyl groups excluding tert-OH is 1. The first-order valence-corrected chi connectivity index (χ1v) is 5.79. The van der Waals surface area contributed by atoms with Crippen LogP contribution in [0.4, 0.5) is 5.95 Å². The number of carbonyl (C=O) groups excluding carboxylic acids is 1. The lowest BCUT2D eigenvalue weighted by molar-refractivity contribution is 0.102. The molecule has 0 saturated carbocycles. The van der Waals surface area contributed by atoms with Crippen molar-refractivity contribution in [1.82, 2.24) is 15.2 Å². The number of H-pyrrole nitrogens is 1. The van der Waals surface area contributed by atoms with E-state index < -0.39 is 0 Å². The summed E-state index contributed by atoms with van der Waals surface area (Å²) in [7, 11) is 0. The zero-order valence-electron chi connectivity index (χ0n) is 10.4. The molecule has 100 valence electrons. The van der Waals surface area contributed by atoms with Gasteiger partial charge in [-0.05, 0) is 24.6 Å². The number of ether oxygens (including phenoxy) is 1. The Morgan fingerprint density at radius 2 is 2.16 bits per heavy atom. The quantitative estimate of drug-likeness (QED) is 0.744. The lowest BCUT2D eigenvalue weighted by Crippen LogP contribution is -2.13. The Kier molecular flexibility index (Phi) is 4.09. The van der Waals surface area contributed by atoms with E-state index >= 15 is 0 Å². The van der Waals surface area contributed by atoms with Gasteiger partial charge in [0.05, 0.1) is 13.2 Å². The molecule has 2 aromatic rings. The second-order valence-electron chi connectivity index (χ2n) is 3.71. The number of nitrogens with zero attached hydrogens (tertiary/aromatic N) is 2. The van der Waals surface area contributed by atoms with Crippen molar-refractivity contribution < 1.29 is 14.6 Å². The molecule has 19 heavy (non-hydrogen) atoms. The summed E-state index contributed by atoms with van der Waals surface area (Å²) in [4.78, 5) is 15.8. The molecule has 0 fully saturated rings. The van der Waals surface area contributed by atoms with E-state index in [9.17, 15) is 4.79 Å². The molecule has 0 spiro atoms. The summed E-state index contributed by atoms with van der Waals surface area (Å²) in [6.45, 7) is 2.22.